The van der Waals surface area contributed by atoms with E-state index >= 15 is 0 Å². The molecule has 1 saturated heterocycles. The van der Waals surface area contributed by atoms with Crippen molar-refractivity contribution in [2.24, 2.45) is 0 Å². The van der Waals surface area contributed by atoms with Gasteiger partial charge in [0.25, 0.3) is 5.91 Å². The molecule has 2 aromatic rings. The standard InChI is InChI=1S/C14H12FNO2/c15-11-5-3-10(4-6-11)12-7-8-16(12)14(17)13-2-1-9-18-13/h1-6,9,12H,7-8H2/t12-/m1/s1. The average Bonchev–Trinajstić information content (AvgIpc) is 2.84. The smallest absolute Gasteiger partial charge is 0.290 e. The van der Waals surface area contributed by atoms with E-state index in [1.807, 2.05) is 0 Å². The number of hydrogen-bond donors (Lipinski definition) is 0. The molecule has 1 aliphatic rings. The number of halogens is 1. The van der Waals surface area contributed by atoms with Crippen LogP contribution in [0.25, 0.3) is 0 Å². The monoisotopic (exact) mass is 245 g/mol. The third-order valence-electron chi connectivity index (χ3n) is 3.27. The van der Waals surface area contributed by atoms with Crippen LogP contribution in [0.2, 0.25) is 0 Å². The summed E-state index contributed by atoms with van der Waals surface area (Å²) >= 11 is 0. The summed E-state index contributed by atoms with van der Waals surface area (Å²) in [5, 5.41) is 0. The van der Waals surface area contributed by atoms with Crippen LogP contribution in [0.5, 0.6) is 0 Å². The lowest BCUT2D eigenvalue weighted by Gasteiger charge is -2.40. The summed E-state index contributed by atoms with van der Waals surface area (Å²) in [6, 6.07) is 9.67. The van der Waals surface area contributed by atoms with Gasteiger partial charge in [0, 0.05) is 6.54 Å². The molecule has 1 atom stereocenters. The van der Waals surface area contributed by atoms with Gasteiger partial charge in [0.05, 0.1) is 12.3 Å². The fraction of sp³-hybridized carbons (Fsp3) is 0.214. The molecule has 18 heavy (non-hydrogen) atoms. The summed E-state index contributed by atoms with van der Waals surface area (Å²) < 4.78 is 18.0. The van der Waals surface area contributed by atoms with Crippen LogP contribution in [0.4, 0.5) is 4.39 Å². The van der Waals surface area contributed by atoms with Crippen molar-refractivity contribution in [2.45, 2.75) is 12.5 Å². The number of benzene rings is 1. The van der Waals surface area contributed by atoms with Crippen LogP contribution in [0.15, 0.2) is 47.1 Å². The molecule has 0 radical (unpaired) electrons. The normalized spacial score (nSPS) is 18.5. The molecule has 1 amide bonds. The van der Waals surface area contributed by atoms with Crippen molar-refractivity contribution in [2.75, 3.05) is 6.54 Å². The Balaban J connectivity index is 1.79. The van der Waals surface area contributed by atoms with Crippen molar-refractivity contribution in [3.8, 4) is 0 Å². The summed E-state index contributed by atoms with van der Waals surface area (Å²) in [6.07, 6.45) is 2.39. The van der Waals surface area contributed by atoms with E-state index in [0.717, 1.165) is 12.0 Å². The molecule has 92 valence electrons. The van der Waals surface area contributed by atoms with Crippen molar-refractivity contribution in [1.29, 1.82) is 0 Å². The quantitative estimate of drug-likeness (QED) is 0.814. The van der Waals surface area contributed by atoms with Crippen LogP contribution in [0.3, 0.4) is 0 Å². The maximum Gasteiger partial charge on any atom is 0.290 e. The highest BCUT2D eigenvalue weighted by Crippen LogP contribution is 2.34. The molecule has 1 aromatic heterocycles. The van der Waals surface area contributed by atoms with Gasteiger partial charge in [0.2, 0.25) is 0 Å². The fourth-order valence-electron chi connectivity index (χ4n) is 2.20. The number of carbonyl (C=O) groups excluding carboxylic acids is 1. The van der Waals surface area contributed by atoms with Crippen LogP contribution >= 0.6 is 0 Å². The summed E-state index contributed by atoms with van der Waals surface area (Å²) in [7, 11) is 0. The van der Waals surface area contributed by atoms with Gasteiger partial charge in [-0.3, -0.25) is 4.79 Å². The van der Waals surface area contributed by atoms with Gasteiger partial charge < -0.3 is 9.32 Å². The summed E-state index contributed by atoms with van der Waals surface area (Å²) in [4.78, 5) is 13.8. The molecule has 3 nitrogen and oxygen atoms in total. The van der Waals surface area contributed by atoms with Gasteiger partial charge in [-0.2, -0.15) is 0 Å². The topological polar surface area (TPSA) is 33.5 Å². The van der Waals surface area contributed by atoms with Crippen LogP contribution in [0.1, 0.15) is 28.6 Å². The number of likely N-dealkylation sites (tertiary alicyclic amines) is 1. The zero-order chi connectivity index (χ0) is 12.5. The Bertz CT molecular complexity index is 548. The molecule has 0 spiro atoms. The Morgan fingerprint density at radius 2 is 2.06 bits per heavy atom. The maximum atomic E-state index is 12.9. The number of carbonyl (C=O) groups is 1. The zero-order valence-electron chi connectivity index (χ0n) is 9.67. The van der Waals surface area contributed by atoms with E-state index in [1.54, 1.807) is 29.2 Å². The highest BCUT2D eigenvalue weighted by molar-refractivity contribution is 5.92. The lowest BCUT2D eigenvalue weighted by molar-refractivity contribution is 0.0428. The Hall–Kier alpha value is -2.10. The first-order valence-electron chi connectivity index (χ1n) is 5.85. The third-order valence-corrected chi connectivity index (χ3v) is 3.27. The predicted octanol–water partition coefficient (Wildman–Crippen LogP) is 3.01. The van der Waals surface area contributed by atoms with Crippen LogP contribution in [-0.4, -0.2) is 17.4 Å². The zero-order valence-corrected chi connectivity index (χ0v) is 9.67. The van der Waals surface area contributed by atoms with Crippen LogP contribution in [-0.2, 0) is 0 Å². The van der Waals surface area contributed by atoms with Crippen LogP contribution in [0, 0.1) is 5.82 Å². The SMILES string of the molecule is O=C(c1ccco1)N1CC[C@@H]1c1ccc(F)cc1. The lowest BCUT2D eigenvalue weighted by atomic mass is 9.94. The second-order valence-corrected chi connectivity index (χ2v) is 4.33. The molecular formula is C14H12FNO2. The van der Waals surface area contributed by atoms with Gasteiger partial charge in [-0.1, -0.05) is 12.1 Å². The molecule has 1 aliphatic heterocycles. The van der Waals surface area contributed by atoms with E-state index in [1.165, 1.54) is 18.4 Å². The Morgan fingerprint density at radius 3 is 2.61 bits per heavy atom. The van der Waals surface area contributed by atoms with Crippen molar-refractivity contribution in [1.82, 2.24) is 4.90 Å². The second-order valence-electron chi connectivity index (χ2n) is 4.33. The minimum atomic E-state index is -0.262. The number of rotatable bonds is 2. The largest absolute Gasteiger partial charge is 0.459 e. The molecule has 0 N–H and O–H groups in total. The van der Waals surface area contributed by atoms with E-state index in [0.29, 0.717) is 12.3 Å². The predicted molar refractivity (Wildman–Crippen MR) is 63.5 cm³/mol. The van der Waals surface area contributed by atoms with Crippen molar-refractivity contribution in [3.63, 3.8) is 0 Å². The highest BCUT2D eigenvalue weighted by Gasteiger charge is 2.34. The van der Waals surface area contributed by atoms with Crippen molar-refractivity contribution < 1.29 is 13.6 Å². The van der Waals surface area contributed by atoms with Gasteiger partial charge in [0.1, 0.15) is 5.82 Å². The van der Waals surface area contributed by atoms with Crippen molar-refractivity contribution >= 4 is 5.91 Å². The van der Waals surface area contributed by atoms with Gasteiger partial charge in [-0.25, -0.2) is 4.39 Å². The van der Waals surface area contributed by atoms with E-state index in [2.05, 4.69) is 0 Å². The molecule has 4 heteroatoms. The Kier molecular flexibility index (Phi) is 2.63. The van der Waals surface area contributed by atoms with Crippen LogP contribution < -0.4 is 0 Å². The molecule has 3 rings (SSSR count). The van der Waals surface area contributed by atoms with E-state index < -0.39 is 0 Å². The summed E-state index contributed by atoms with van der Waals surface area (Å²) in [5.74, 6) is -0.0237. The van der Waals surface area contributed by atoms with Crippen molar-refractivity contribution in [3.05, 3.63) is 59.8 Å². The Labute approximate surface area is 104 Å². The Morgan fingerprint density at radius 1 is 1.28 bits per heavy atom. The maximum absolute atomic E-state index is 12.9. The first kappa shape index (κ1) is 11.0. The molecule has 0 unspecified atom stereocenters. The number of nitrogens with zero attached hydrogens (tertiary/aromatic N) is 1. The number of amides is 1. The molecule has 1 fully saturated rings. The third kappa shape index (κ3) is 1.79. The van der Waals surface area contributed by atoms with E-state index in [-0.39, 0.29) is 17.8 Å². The van der Waals surface area contributed by atoms with E-state index in [9.17, 15) is 9.18 Å². The van der Waals surface area contributed by atoms with E-state index in [4.69, 9.17) is 4.42 Å². The average molecular weight is 245 g/mol. The van der Waals surface area contributed by atoms with Gasteiger partial charge >= 0.3 is 0 Å². The fourth-order valence-corrected chi connectivity index (χ4v) is 2.20. The van der Waals surface area contributed by atoms with Gasteiger partial charge in [-0.15, -0.1) is 0 Å². The molecule has 0 bridgehead atoms. The lowest BCUT2D eigenvalue weighted by Crippen LogP contribution is -2.44. The molecule has 2 heterocycles. The van der Waals surface area contributed by atoms with Gasteiger partial charge in [-0.05, 0) is 36.2 Å². The number of furan rings is 1. The minimum absolute atomic E-state index is 0.0307. The molecule has 0 aliphatic carbocycles. The number of hydrogen-bond acceptors (Lipinski definition) is 2. The minimum Gasteiger partial charge on any atom is -0.459 e. The molecule has 1 aromatic carbocycles. The second kappa shape index (κ2) is 4.29. The molecule has 0 saturated carbocycles. The molecular weight excluding hydrogens is 233 g/mol. The summed E-state index contributed by atoms with van der Waals surface area (Å²) in [6.45, 7) is 0.710. The highest BCUT2D eigenvalue weighted by atomic mass is 19.1. The van der Waals surface area contributed by atoms with Gasteiger partial charge in [0.15, 0.2) is 5.76 Å². The first-order chi connectivity index (χ1) is 8.75. The first-order valence-corrected chi connectivity index (χ1v) is 5.85. The summed E-state index contributed by atoms with van der Waals surface area (Å²) in [5.41, 5.74) is 0.961.